The lowest BCUT2D eigenvalue weighted by Gasteiger charge is -2.27. The van der Waals surface area contributed by atoms with E-state index in [1.54, 1.807) is 7.11 Å². The minimum atomic E-state index is -0.0570. The Balaban J connectivity index is 1.43. The summed E-state index contributed by atoms with van der Waals surface area (Å²) in [7, 11) is 1.65. The van der Waals surface area contributed by atoms with Crippen LogP contribution in [0.2, 0.25) is 0 Å². The number of aromatic nitrogens is 5. The number of fused-ring (bicyclic) bond motifs is 3. The van der Waals surface area contributed by atoms with Crippen LogP contribution < -0.4 is 10.1 Å². The number of aryl methyl sites for hydroxylation is 4. The third-order valence-electron chi connectivity index (χ3n) is 8.19. The van der Waals surface area contributed by atoms with Crippen molar-refractivity contribution in [2.24, 2.45) is 0 Å². The number of carbonyl (C=O) groups is 1. The number of aromatic amines is 2. The molecule has 7 rings (SSSR count). The number of nitrogens with zero attached hydrogens (tertiary/aromatic N) is 4. The monoisotopic (exact) mass is 591 g/mol. The molecule has 224 valence electrons. The number of hydrogen-bond donors (Lipinski definition) is 3. The second-order valence-corrected chi connectivity index (χ2v) is 11.0. The molecule has 2 aromatic carbocycles. The second-order valence-electron chi connectivity index (χ2n) is 11.0. The Labute approximate surface area is 253 Å². The van der Waals surface area contributed by atoms with Crippen molar-refractivity contribution in [3.63, 3.8) is 0 Å². The maximum Gasteiger partial charge on any atom is 0.257 e. The van der Waals surface area contributed by atoms with Gasteiger partial charge in [-0.3, -0.25) is 4.79 Å². The van der Waals surface area contributed by atoms with Crippen LogP contribution in [0.3, 0.4) is 0 Å². The maximum atomic E-state index is 14.0. The fourth-order valence-electron chi connectivity index (χ4n) is 6.14. The molecule has 11 nitrogen and oxygen atoms in total. The van der Waals surface area contributed by atoms with Gasteiger partial charge in [0.1, 0.15) is 28.8 Å². The first-order chi connectivity index (χ1) is 21.3. The predicted octanol–water partition coefficient (Wildman–Crippen LogP) is 6.22. The van der Waals surface area contributed by atoms with Crippen molar-refractivity contribution < 1.29 is 18.8 Å². The Morgan fingerprint density at radius 3 is 2.50 bits per heavy atom. The lowest BCUT2D eigenvalue weighted by molar-refractivity contribution is 0.0303. The zero-order valence-electron chi connectivity index (χ0n) is 25.3. The molecule has 1 saturated heterocycles. The summed E-state index contributed by atoms with van der Waals surface area (Å²) in [5.74, 6) is 2.49. The molecule has 5 heterocycles. The molecular weight excluding hydrogens is 558 g/mol. The molecule has 0 unspecified atom stereocenters. The molecule has 0 aliphatic carbocycles. The zero-order valence-corrected chi connectivity index (χ0v) is 25.3. The van der Waals surface area contributed by atoms with Crippen LogP contribution in [0.25, 0.3) is 44.3 Å². The number of carbonyl (C=O) groups excluding carboxylic acids is 1. The molecule has 0 saturated carbocycles. The summed E-state index contributed by atoms with van der Waals surface area (Å²) in [6.07, 6.45) is 0. The first-order valence-electron chi connectivity index (χ1n) is 14.6. The van der Waals surface area contributed by atoms with Crippen molar-refractivity contribution in [3.05, 3.63) is 71.0 Å². The van der Waals surface area contributed by atoms with Crippen molar-refractivity contribution >= 4 is 39.3 Å². The Morgan fingerprint density at radius 1 is 1.02 bits per heavy atom. The van der Waals surface area contributed by atoms with Crippen molar-refractivity contribution in [2.45, 2.75) is 27.7 Å². The second kappa shape index (κ2) is 10.8. The summed E-state index contributed by atoms with van der Waals surface area (Å²) in [6.45, 7) is 9.69. The number of anilines is 2. The van der Waals surface area contributed by atoms with E-state index in [-0.39, 0.29) is 5.91 Å². The van der Waals surface area contributed by atoms with Gasteiger partial charge in [-0.25, -0.2) is 9.97 Å². The summed E-state index contributed by atoms with van der Waals surface area (Å²) in [5.41, 5.74) is 7.84. The number of benzene rings is 2. The Bertz CT molecular complexity index is 2010. The van der Waals surface area contributed by atoms with E-state index < -0.39 is 0 Å². The van der Waals surface area contributed by atoms with Crippen molar-refractivity contribution in [3.8, 4) is 28.1 Å². The van der Waals surface area contributed by atoms with Gasteiger partial charge in [-0.05, 0) is 39.8 Å². The number of morpholine rings is 1. The molecule has 1 fully saturated rings. The number of H-pyrrole nitrogens is 2. The van der Waals surface area contributed by atoms with E-state index in [9.17, 15) is 4.79 Å². The van der Waals surface area contributed by atoms with E-state index in [4.69, 9.17) is 24.0 Å². The quantitative estimate of drug-likeness (QED) is 0.208. The van der Waals surface area contributed by atoms with E-state index in [2.05, 4.69) is 20.4 Å². The molecule has 11 heteroatoms. The molecule has 44 heavy (non-hydrogen) atoms. The maximum absolute atomic E-state index is 14.0. The number of methoxy groups -OCH3 is 1. The first-order valence-corrected chi connectivity index (χ1v) is 14.6. The van der Waals surface area contributed by atoms with E-state index in [1.165, 1.54) is 0 Å². The van der Waals surface area contributed by atoms with Crippen LogP contribution in [0.5, 0.6) is 5.75 Å². The van der Waals surface area contributed by atoms with Gasteiger partial charge in [0, 0.05) is 40.8 Å². The SMILES string of the molecule is COc1cc2c(cc1-c1c(C)noc1C)[nH]c1nc(C)nc(Nc3c(-c4ccccc4)[nH]c(C)c3C(=O)N3CCOCC3)c12. The standard InChI is InChI=1S/C33H33N7O4/c1-17-27(33(41)40-11-13-43-14-12-40)30(29(34-17)21-9-7-6-8-10-21)38-32-28-22-16-25(42-5)23(26-18(2)39-44-19(26)3)15-24(22)37-31(28)35-20(4)36-32/h6-10,15-16,34H,11-14H2,1-5H3,(H2,35,36,37,38). The highest BCUT2D eigenvalue weighted by atomic mass is 16.5. The fraction of sp³-hybridized carbons (Fsp3) is 0.273. The van der Waals surface area contributed by atoms with Crippen molar-refractivity contribution in [1.29, 1.82) is 0 Å². The number of amides is 1. The minimum absolute atomic E-state index is 0.0570. The minimum Gasteiger partial charge on any atom is -0.496 e. The van der Waals surface area contributed by atoms with Gasteiger partial charge < -0.3 is 34.2 Å². The smallest absolute Gasteiger partial charge is 0.257 e. The van der Waals surface area contributed by atoms with Gasteiger partial charge in [0.2, 0.25) is 0 Å². The summed E-state index contributed by atoms with van der Waals surface area (Å²) >= 11 is 0. The lowest BCUT2D eigenvalue weighted by atomic mass is 10.0. The van der Waals surface area contributed by atoms with Crippen LogP contribution in [0.4, 0.5) is 11.5 Å². The predicted molar refractivity (Wildman–Crippen MR) is 169 cm³/mol. The van der Waals surface area contributed by atoms with Crippen LogP contribution in [0, 0.1) is 27.7 Å². The Hall–Kier alpha value is -5.16. The third kappa shape index (κ3) is 4.56. The van der Waals surface area contributed by atoms with Crippen LogP contribution in [0.1, 0.15) is 33.3 Å². The van der Waals surface area contributed by atoms with Crippen LogP contribution in [-0.2, 0) is 4.74 Å². The van der Waals surface area contributed by atoms with E-state index >= 15 is 0 Å². The average Bonchev–Trinajstić information content (AvgIpc) is 3.67. The molecule has 0 bridgehead atoms. The highest BCUT2D eigenvalue weighted by molar-refractivity contribution is 6.14. The Morgan fingerprint density at radius 2 is 1.80 bits per heavy atom. The molecule has 0 atom stereocenters. The first kappa shape index (κ1) is 27.7. The highest BCUT2D eigenvalue weighted by Gasteiger charge is 2.29. The number of nitrogens with one attached hydrogen (secondary N) is 3. The molecule has 1 aliphatic heterocycles. The lowest BCUT2D eigenvalue weighted by Crippen LogP contribution is -2.41. The summed E-state index contributed by atoms with van der Waals surface area (Å²) in [4.78, 5) is 32.4. The van der Waals surface area contributed by atoms with Gasteiger partial charge in [-0.1, -0.05) is 35.5 Å². The number of hydrogen-bond acceptors (Lipinski definition) is 8. The van der Waals surface area contributed by atoms with Crippen molar-refractivity contribution in [1.82, 2.24) is 30.0 Å². The molecule has 1 aliphatic rings. The largest absolute Gasteiger partial charge is 0.496 e. The van der Waals surface area contributed by atoms with E-state index in [0.717, 1.165) is 50.1 Å². The average molecular weight is 592 g/mol. The van der Waals surface area contributed by atoms with Gasteiger partial charge in [-0.15, -0.1) is 0 Å². The molecular formula is C33H33N7O4. The van der Waals surface area contributed by atoms with Gasteiger partial charge in [0.05, 0.1) is 53.9 Å². The molecule has 4 aromatic heterocycles. The zero-order chi connectivity index (χ0) is 30.5. The van der Waals surface area contributed by atoms with Gasteiger partial charge in [-0.2, -0.15) is 0 Å². The normalized spacial score (nSPS) is 13.6. The highest BCUT2D eigenvalue weighted by Crippen LogP contribution is 2.42. The third-order valence-corrected chi connectivity index (χ3v) is 8.19. The molecule has 0 radical (unpaired) electrons. The molecule has 3 N–H and O–H groups in total. The van der Waals surface area contributed by atoms with Gasteiger partial charge in [0.25, 0.3) is 5.91 Å². The molecule has 0 spiro atoms. The topological polar surface area (TPSA) is 134 Å². The van der Waals surface area contributed by atoms with E-state index in [0.29, 0.717) is 66.4 Å². The van der Waals surface area contributed by atoms with Crippen LogP contribution in [-0.4, -0.2) is 69.3 Å². The van der Waals surface area contributed by atoms with Crippen LogP contribution in [0.15, 0.2) is 47.0 Å². The summed E-state index contributed by atoms with van der Waals surface area (Å²) < 4.78 is 16.8. The van der Waals surface area contributed by atoms with Crippen LogP contribution >= 0.6 is 0 Å². The molecule has 6 aromatic rings. The fourth-order valence-corrected chi connectivity index (χ4v) is 6.14. The van der Waals surface area contributed by atoms with E-state index in [1.807, 2.05) is 75.1 Å². The number of ether oxygens (including phenoxy) is 2. The number of rotatable bonds is 6. The summed E-state index contributed by atoms with van der Waals surface area (Å²) in [6, 6.07) is 14.0. The van der Waals surface area contributed by atoms with Crippen molar-refractivity contribution in [2.75, 3.05) is 38.7 Å². The molecule has 1 amide bonds. The Kier molecular flexibility index (Phi) is 6.81. The van der Waals surface area contributed by atoms with Gasteiger partial charge in [0.15, 0.2) is 0 Å². The van der Waals surface area contributed by atoms with Gasteiger partial charge >= 0.3 is 0 Å². The summed E-state index contributed by atoms with van der Waals surface area (Å²) in [5, 5.41) is 9.40.